The van der Waals surface area contributed by atoms with Gasteiger partial charge in [0.1, 0.15) is 23.1 Å². The van der Waals surface area contributed by atoms with Crippen LogP contribution in [-0.2, 0) is 6.42 Å². The van der Waals surface area contributed by atoms with E-state index < -0.39 is 0 Å². The molecule has 0 aliphatic carbocycles. The number of hydrogen-bond acceptors (Lipinski definition) is 3. The van der Waals surface area contributed by atoms with Crippen molar-refractivity contribution in [2.24, 2.45) is 5.73 Å². The van der Waals surface area contributed by atoms with E-state index in [1.54, 1.807) is 24.3 Å². The zero-order chi connectivity index (χ0) is 14.4. The number of ether oxygens (including phenoxy) is 2. The predicted molar refractivity (Wildman–Crippen MR) is 76.8 cm³/mol. The topological polar surface area (TPSA) is 44.5 Å². The Balaban J connectivity index is 2.19. The van der Waals surface area contributed by atoms with Crippen molar-refractivity contribution >= 4 is 0 Å². The summed E-state index contributed by atoms with van der Waals surface area (Å²) < 4.78 is 24.8. The maximum absolute atomic E-state index is 13.7. The van der Waals surface area contributed by atoms with E-state index in [9.17, 15) is 4.39 Å². The van der Waals surface area contributed by atoms with Crippen LogP contribution in [-0.4, -0.2) is 13.2 Å². The Morgan fingerprint density at radius 3 is 2.40 bits per heavy atom. The Labute approximate surface area is 118 Å². The first-order valence-electron chi connectivity index (χ1n) is 6.62. The molecular weight excluding hydrogens is 257 g/mol. The number of halogens is 1. The SMILES string of the molecule is CCOc1ccc(Oc2cccc(F)c2CCN)cc1. The maximum Gasteiger partial charge on any atom is 0.133 e. The van der Waals surface area contributed by atoms with Crippen molar-refractivity contribution in [3.05, 3.63) is 53.8 Å². The van der Waals surface area contributed by atoms with Gasteiger partial charge in [-0.05, 0) is 56.3 Å². The van der Waals surface area contributed by atoms with E-state index >= 15 is 0 Å². The number of benzene rings is 2. The molecule has 0 fully saturated rings. The van der Waals surface area contributed by atoms with Crippen LogP contribution < -0.4 is 15.2 Å². The Morgan fingerprint density at radius 1 is 1.05 bits per heavy atom. The van der Waals surface area contributed by atoms with Crippen molar-refractivity contribution in [3.8, 4) is 17.2 Å². The second-order valence-corrected chi connectivity index (χ2v) is 4.26. The molecule has 2 N–H and O–H groups in total. The Morgan fingerprint density at radius 2 is 1.75 bits per heavy atom. The van der Waals surface area contributed by atoms with Gasteiger partial charge < -0.3 is 15.2 Å². The first-order chi connectivity index (χ1) is 9.74. The van der Waals surface area contributed by atoms with Gasteiger partial charge in [-0.25, -0.2) is 4.39 Å². The van der Waals surface area contributed by atoms with Crippen LogP contribution in [0.25, 0.3) is 0 Å². The highest BCUT2D eigenvalue weighted by Gasteiger charge is 2.09. The van der Waals surface area contributed by atoms with Gasteiger partial charge in [-0.1, -0.05) is 6.07 Å². The fourth-order valence-electron chi connectivity index (χ4n) is 1.92. The lowest BCUT2D eigenvalue weighted by Crippen LogP contribution is -2.06. The minimum absolute atomic E-state index is 0.293. The van der Waals surface area contributed by atoms with Gasteiger partial charge >= 0.3 is 0 Å². The van der Waals surface area contributed by atoms with E-state index in [-0.39, 0.29) is 5.82 Å². The summed E-state index contributed by atoms with van der Waals surface area (Å²) in [5, 5.41) is 0. The summed E-state index contributed by atoms with van der Waals surface area (Å²) in [6.45, 7) is 2.92. The van der Waals surface area contributed by atoms with E-state index in [4.69, 9.17) is 15.2 Å². The van der Waals surface area contributed by atoms with Gasteiger partial charge in [-0.3, -0.25) is 0 Å². The summed E-state index contributed by atoms with van der Waals surface area (Å²) in [6.07, 6.45) is 0.443. The highest BCUT2D eigenvalue weighted by atomic mass is 19.1. The van der Waals surface area contributed by atoms with Crippen LogP contribution in [0.3, 0.4) is 0 Å². The molecule has 4 heteroatoms. The van der Waals surface area contributed by atoms with Crippen molar-refractivity contribution in [1.82, 2.24) is 0 Å². The molecule has 0 aliphatic heterocycles. The van der Waals surface area contributed by atoms with Crippen molar-refractivity contribution in [3.63, 3.8) is 0 Å². The molecule has 0 atom stereocenters. The smallest absolute Gasteiger partial charge is 0.133 e. The zero-order valence-electron chi connectivity index (χ0n) is 11.4. The molecule has 0 amide bonds. The molecule has 0 heterocycles. The maximum atomic E-state index is 13.7. The van der Waals surface area contributed by atoms with Crippen LogP contribution in [0.5, 0.6) is 17.2 Å². The molecule has 2 aromatic carbocycles. The Bertz CT molecular complexity index is 555. The molecule has 2 aromatic rings. The summed E-state index contributed by atoms with van der Waals surface area (Å²) in [4.78, 5) is 0. The summed E-state index contributed by atoms with van der Waals surface area (Å²) >= 11 is 0. The van der Waals surface area contributed by atoms with Gasteiger partial charge in [0, 0.05) is 5.56 Å². The van der Waals surface area contributed by atoms with Crippen LogP contribution in [0.15, 0.2) is 42.5 Å². The van der Waals surface area contributed by atoms with E-state index in [0.717, 1.165) is 5.75 Å². The number of rotatable bonds is 6. The van der Waals surface area contributed by atoms with Crippen LogP contribution in [0.2, 0.25) is 0 Å². The lowest BCUT2D eigenvalue weighted by atomic mass is 10.1. The summed E-state index contributed by atoms with van der Waals surface area (Å²) in [5.41, 5.74) is 6.01. The molecule has 3 nitrogen and oxygen atoms in total. The van der Waals surface area contributed by atoms with Crippen molar-refractivity contribution < 1.29 is 13.9 Å². The van der Waals surface area contributed by atoms with E-state index in [1.165, 1.54) is 6.07 Å². The monoisotopic (exact) mass is 275 g/mol. The van der Waals surface area contributed by atoms with Gasteiger partial charge in [0.05, 0.1) is 6.61 Å². The molecule has 0 aromatic heterocycles. The molecule has 20 heavy (non-hydrogen) atoms. The van der Waals surface area contributed by atoms with Crippen LogP contribution in [0.1, 0.15) is 12.5 Å². The second kappa shape index (κ2) is 6.91. The Kier molecular flexibility index (Phi) is 4.96. The minimum atomic E-state index is -0.293. The third kappa shape index (κ3) is 3.48. The summed E-state index contributed by atoms with van der Waals surface area (Å²) in [6, 6.07) is 12.0. The fraction of sp³-hybridized carbons (Fsp3) is 0.250. The van der Waals surface area contributed by atoms with Crippen LogP contribution >= 0.6 is 0 Å². The predicted octanol–water partition coefficient (Wildman–Crippen LogP) is 3.52. The van der Waals surface area contributed by atoms with E-state index in [1.807, 2.05) is 19.1 Å². The lowest BCUT2D eigenvalue weighted by molar-refractivity contribution is 0.339. The van der Waals surface area contributed by atoms with Crippen molar-refractivity contribution in [1.29, 1.82) is 0 Å². The molecule has 0 spiro atoms. The molecule has 0 saturated carbocycles. The molecule has 0 unspecified atom stereocenters. The van der Waals surface area contributed by atoms with Crippen LogP contribution in [0, 0.1) is 5.82 Å². The van der Waals surface area contributed by atoms with Gasteiger partial charge in [0.15, 0.2) is 0 Å². The van der Waals surface area contributed by atoms with Gasteiger partial charge in [0.2, 0.25) is 0 Å². The first-order valence-corrected chi connectivity index (χ1v) is 6.62. The van der Waals surface area contributed by atoms with Gasteiger partial charge in [-0.2, -0.15) is 0 Å². The molecular formula is C16H18FNO2. The van der Waals surface area contributed by atoms with Gasteiger partial charge in [0.25, 0.3) is 0 Å². The third-order valence-corrected chi connectivity index (χ3v) is 2.83. The third-order valence-electron chi connectivity index (χ3n) is 2.83. The van der Waals surface area contributed by atoms with Crippen LogP contribution in [0.4, 0.5) is 4.39 Å². The highest BCUT2D eigenvalue weighted by Crippen LogP contribution is 2.28. The molecule has 0 bridgehead atoms. The molecule has 106 valence electrons. The largest absolute Gasteiger partial charge is 0.494 e. The zero-order valence-corrected chi connectivity index (χ0v) is 11.4. The van der Waals surface area contributed by atoms with E-state index in [2.05, 4.69) is 0 Å². The van der Waals surface area contributed by atoms with E-state index in [0.29, 0.717) is 36.6 Å². The number of nitrogens with two attached hydrogens (primary N) is 1. The van der Waals surface area contributed by atoms with Crippen molar-refractivity contribution in [2.45, 2.75) is 13.3 Å². The number of hydrogen-bond donors (Lipinski definition) is 1. The van der Waals surface area contributed by atoms with Crippen molar-refractivity contribution in [2.75, 3.05) is 13.2 Å². The lowest BCUT2D eigenvalue weighted by Gasteiger charge is -2.12. The highest BCUT2D eigenvalue weighted by molar-refractivity contribution is 5.40. The molecule has 2 rings (SSSR count). The quantitative estimate of drug-likeness (QED) is 0.877. The summed E-state index contributed by atoms with van der Waals surface area (Å²) in [5.74, 6) is 1.62. The standard InChI is InChI=1S/C16H18FNO2/c1-2-19-12-6-8-13(9-7-12)20-16-5-3-4-15(17)14(16)10-11-18/h3-9H,2,10-11,18H2,1H3. The minimum Gasteiger partial charge on any atom is -0.494 e. The average Bonchev–Trinajstić information content (AvgIpc) is 2.45. The fourth-order valence-corrected chi connectivity index (χ4v) is 1.92. The average molecular weight is 275 g/mol. The molecule has 0 saturated heterocycles. The molecule has 0 aliphatic rings. The molecule has 0 radical (unpaired) electrons. The Hall–Kier alpha value is -2.07. The first kappa shape index (κ1) is 14.3. The summed E-state index contributed by atoms with van der Waals surface area (Å²) in [7, 11) is 0. The normalized spacial score (nSPS) is 10.3. The van der Waals surface area contributed by atoms with Gasteiger partial charge in [-0.15, -0.1) is 0 Å². The second-order valence-electron chi connectivity index (χ2n) is 4.26.